The molecule has 1 aliphatic rings. The zero-order valence-electron chi connectivity index (χ0n) is 19.0. The summed E-state index contributed by atoms with van der Waals surface area (Å²) in [6.07, 6.45) is 6.41. The number of carbonyl (C=O) groups is 1. The Labute approximate surface area is 194 Å². The molecule has 0 bridgehead atoms. The molecule has 0 saturated heterocycles. The summed E-state index contributed by atoms with van der Waals surface area (Å²) >= 11 is 5.90. The summed E-state index contributed by atoms with van der Waals surface area (Å²) in [5.74, 6) is 0.0847. The molecule has 1 aromatic heterocycles. The number of carboxylic acids is 1. The minimum absolute atomic E-state index is 0.0652. The normalized spacial score (nSPS) is 19.6. The maximum absolute atomic E-state index is 11.2. The van der Waals surface area contributed by atoms with Gasteiger partial charge in [0.15, 0.2) is 0 Å². The van der Waals surface area contributed by atoms with E-state index in [-0.39, 0.29) is 18.4 Å². The fourth-order valence-corrected chi connectivity index (χ4v) is 4.41. The van der Waals surface area contributed by atoms with Gasteiger partial charge in [0.1, 0.15) is 11.0 Å². The number of aromatic nitrogens is 2. The van der Waals surface area contributed by atoms with E-state index in [2.05, 4.69) is 40.1 Å². The average Bonchev–Trinajstić information content (AvgIpc) is 2.74. The highest BCUT2D eigenvalue weighted by atomic mass is 35.5. The molecule has 1 unspecified atom stereocenters. The molecule has 32 heavy (non-hydrogen) atoms. The molecular weight excluding hydrogens is 428 g/mol. The van der Waals surface area contributed by atoms with Crippen LogP contribution in [-0.4, -0.2) is 44.8 Å². The minimum Gasteiger partial charge on any atom is -0.481 e. The molecule has 3 rings (SSSR count). The molecule has 8 heteroatoms. The molecule has 1 atom stereocenters. The maximum Gasteiger partial charge on any atom is 0.303 e. The van der Waals surface area contributed by atoms with Crippen LogP contribution in [0.3, 0.4) is 0 Å². The maximum atomic E-state index is 11.2. The molecule has 174 valence electrons. The van der Waals surface area contributed by atoms with Gasteiger partial charge in [-0.05, 0) is 55.2 Å². The van der Waals surface area contributed by atoms with E-state index in [1.807, 2.05) is 19.1 Å². The lowest BCUT2D eigenvalue weighted by Crippen LogP contribution is -2.41. The van der Waals surface area contributed by atoms with Crippen LogP contribution in [0.15, 0.2) is 30.6 Å². The number of hydrogen-bond donors (Lipinski definition) is 3. The molecule has 0 spiro atoms. The number of nitrogens with zero attached hydrogens (tertiary/aromatic N) is 3. The second-order valence-electron chi connectivity index (χ2n) is 9.13. The standard InChI is InChI=1S/C24H33ClN4O3/c1-15(2)14-29(18-5-7-19(30)8-6-18)21-9-4-17(16(3)10-24(31)32)11-20(21)28-23-13-26-22(25)12-27-23/h4,9,11-13,15-16,18-19,30H,5-8,10,14H2,1-3H3,(H,27,28)(H,31,32). The van der Waals surface area contributed by atoms with Gasteiger partial charge in [0.05, 0.1) is 36.3 Å². The minimum atomic E-state index is -0.818. The van der Waals surface area contributed by atoms with Gasteiger partial charge in [0.2, 0.25) is 0 Å². The first-order valence-electron chi connectivity index (χ1n) is 11.3. The van der Waals surface area contributed by atoms with Gasteiger partial charge in [0, 0.05) is 12.6 Å². The van der Waals surface area contributed by atoms with Gasteiger partial charge in [-0.3, -0.25) is 4.79 Å². The highest BCUT2D eigenvalue weighted by Gasteiger charge is 2.27. The molecule has 1 heterocycles. The van der Waals surface area contributed by atoms with Crippen LogP contribution in [0.4, 0.5) is 17.2 Å². The van der Waals surface area contributed by atoms with Crippen molar-refractivity contribution in [3.05, 3.63) is 41.3 Å². The number of anilines is 3. The van der Waals surface area contributed by atoms with Crippen LogP contribution in [0.25, 0.3) is 0 Å². The Morgan fingerprint density at radius 3 is 2.50 bits per heavy atom. The van der Waals surface area contributed by atoms with Crippen molar-refractivity contribution in [2.45, 2.75) is 70.9 Å². The number of nitrogens with one attached hydrogen (secondary N) is 1. The van der Waals surface area contributed by atoms with E-state index in [0.717, 1.165) is 49.2 Å². The third-order valence-electron chi connectivity index (χ3n) is 5.93. The van der Waals surface area contributed by atoms with Crippen molar-refractivity contribution >= 4 is 34.8 Å². The summed E-state index contributed by atoms with van der Waals surface area (Å²) in [5, 5.41) is 22.9. The Hall–Kier alpha value is -2.38. The van der Waals surface area contributed by atoms with Gasteiger partial charge in [-0.1, -0.05) is 38.4 Å². The quantitative estimate of drug-likeness (QED) is 0.472. The van der Waals surface area contributed by atoms with Crippen molar-refractivity contribution in [2.75, 3.05) is 16.8 Å². The number of aliphatic hydroxyl groups excluding tert-OH is 1. The predicted octanol–water partition coefficient (Wildman–Crippen LogP) is 5.22. The number of aliphatic carboxylic acids is 1. The van der Waals surface area contributed by atoms with Crippen LogP contribution < -0.4 is 10.2 Å². The SMILES string of the molecule is CC(C)CN(c1ccc(C(C)CC(=O)O)cc1Nc1cnc(Cl)cn1)C1CCC(O)CC1. The Morgan fingerprint density at radius 1 is 1.19 bits per heavy atom. The lowest BCUT2D eigenvalue weighted by atomic mass is 9.90. The fourth-order valence-electron chi connectivity index (χ4n) is 4.31. The molecule has 2 aromatic rings. The first-order chi connectivity index (χ1) is 15.2. The van der Waals surface area contributed by atoms with Crippen LogP contribution in [0, 0.1) is 5.92 Å². The molecule has 3 N–H and O–H groups in total. The van der Waals surface area contributed by atoms with Crippen LogP contribution >= 0.6 is 11.6 Å². The molecule has 1 aliphatic carbocycles. The Bertz CT molecular complexity index is 899. The van der Waals surface area contributed by atoms with Gasteiger partial charge in [-0.25, -0.2) is 9.97 Å². The predicted molar refractivity (Wildman–Crippen MR) is 128 cm³/mol. The Morgan fingerprint density at radius 2 is 1.91 bits per heavy atom. The molecule has 1 fully saturated rings. The van der Waals surface area contributed by atoms with E-state index in [4.69, 9.17) is 11.6 Å². The van der Waals surface area contributed by atoms with Crippen LogP contribution in [0.5, 0.6) is 0 Å². The molecule has 1 saturated carbocycles. The summed E-state index contributed by atoms with van der Waals surface area (Å²) in [5.41, 5.74) is 2.86. The number of benzene rings is 1. The van der Waals surface area contributed by atoms with Crippen molar-refractivity contribution < 1.29 is 15.0 Å². The van der Waals surface area contributed by atoms with Crippen molar-refractivity contribution in [1.29, 1.82) is 0 Å². The fraction of sp³-hybridized carbons (Fsp3) is 0.542. The molecule has 0 amide bonds. The highest BCUT2D eigenvalue weighted by molar-refractivity contribution is 6.29. The highest BCUT2D eigenvalue weighted by Crippen LogP contribution is 2.37. The van der Waals surface area contributed by atoms with Gasteiger partial charge < -0.3 is 20.4 Å². The van der Waals surface area contributed by atoms with Crippen LogP contribution in [0.1, 0.15) is 64.4 Å². The van der Waals surface area contributed by atoms with Crippen molar-refractivity contribution in [2.24, 2.45) is 5.92 Å². The van der Waals surface area contributed by atoms with E-state index in [0.29, 0.717) is 22.9 Å². The third-order valence-corrected chi connectivity index (χ3v) is 6.13. The van der Waals surface area contributed by atoms with Gasteiger partial charge in [-0.15, -0.1) is 0 Å². The summed E-state index contributed by atoms with van der Waals surface area (Å²) in [4.78, 5) is 22.1. The number of aliphatic hydroxyl groups is 1. The van der Waals surface area contributed by atoms with E-state index in [9.17, 15) is 15.0 Å². The van der Waals surface area contributed by atoms with E-state index >= 15 is 0 Å². The number of rotatable bonds is 9. The lowest BCUT2D eigenvalue weighted by molar-refractivity contribution is -0.137. The zero-order chi connectivity index (χ0) is 23.3. The molecule has 1 aromatic carbocycles. The van der Waals surface area contributed by atoms with Gasteiger partial charge in [0.25, 0.3) is 0 Å². The molecule has 0 aliphatic heterocycles. The smallest absolute Gasteiger partial charge is 0.303 e. The first-order valence-corrected chi connectivity index (χ1v) is 11.7. The second kappa shape index (κ2) is 11.0. The third kappa shape index (κ3) is 6.56. The Kier molecular flexibility index (Phi) is 8.32. The van der Waals surface area contributed by atoms with Crippen molar-refractivity contribution in [1.82, 2.24) is 9.97 Å². The topological polar surface area (TPSA) is 98.6 Å². The number of halogens is 1. The summed E-state index contributed by atoms with van der Waals surface area (Å²) in [7, 11) is 0. The van der Waals surface area contributed by atoms with Crippen molar-refractivity contribution in [3.8, 4) is 0 Å². The summed E-state index contributed by atoms with van der Waals surface area (Å²) in [6, 6.07) is 6.45. The van der Waals surface area contributed by atoms with Gasteiger partial charge >= 0.3 is 5.97 Å². The monoisotopic (exact) mass is 460 g/mol. The molecule has 7 nitrogen and oxygen atoms in total. The van der Waals surface area contributed by atoms with Crippen LogP contribution in [-0.2, 0) is 4.79 Å². The van der Waals surface area contributed by atoms with E-state index < -0.39 is 5.97 Å². The van der Waals surface area contributed by atoms with Crippen LogP contribution in [0.2, 0.25) is 5.15 Å². The Balaban J connectivity index is 1.99. The van der Waals surface area contributed by atoms with E-state index in [1.54, 1.807) is 6.20 Å². The van der Waals surface area contributed by atoms with Gasteiger partial charge in [-0.2, -0.15) is 0 Å². The van der Waals surface area contributed by atoms with E-state index in [1.165, 1.54) is 6.20 Å². The summed E-state index contributed by atoms with van der Waals surface area (Å²) < 4.78 is 0. The van der Waals surface area contributed by atoms with Crippen molar-refractivity contribution in [3.63, 3.8) is 0 Å². The number of hydrogen-bond acceptors (Lipinski definition) is 6. The largest absolute Gasteiger partial charge is 0.481 e. The number of carboxylic acid groups (broad SMARTS) is 1. The molecular formula is C24H33ClN4O3. The average molecular weight is 461 g/mol. The summed E-state index contributed by atoms with van der Waals surface area (Å²) in [6.45, 7) is 7.20. The zero-order valence-corrected chi connectivity index (χ0v) is 19.7. The first kappa shape index (κ1) is 24.3. The lowest BCUT2D eigenvalue weighted by Gasteiger charge is -2.39. The molecule has 0 radical (unpaired) electrons. The second-order valence-corrected chi connectivity index (χ2v) is 9.52.